The van der Waals surface area contributed by atoms with Crippen molar-refractivity contribution in [1.29, 1.82) is 0 Å². The Kier molecular flexibility index (Phi) is 4.63. The largest absolute Gasteiger partial charge is 0.419 e. The first-order chi connectivity index (χ1) is 9.91. The molecular formula is C16H15F4N. The lowest BCUT2D eigenvalue weighted by Gasteiger charge is -2.11. The number of hydrogen-bond donors (Lipinski definition) is 1. The third kappa shape index (κ3) is 3.82. The molecule has 112 valence electrons. The predicted octanol–water partition coefficient (Wildman–Crippen LogP) is 4.62. The predicted molar refractivity (Wildman–Crippen MR) is 74.2 cm³/mol. The van der Waals surface area contributed by atoms with Crippen LogP contribution in [0.5, 0.6) is 0 Å². The summed E-state index contributed by atoms with van der Waals surface area (Å²) in [7, 11) is 0. The van der Waals surface area contributed by atoms with Gasteiger partial charge in [-0.1, -0.05) is 37.3 Å². The van der Waals surface area contributed by atoms with Crippen molar-refractivity contribution in [3.8, 4) is 11.1 Å². The summed E-state index contributed by atoms with van der Waals surface area (Å²) in [4.78, 5) is 0. The van der Waals surface area contributed by atoms with Gasteiger partial charge in [0.1, 0.15) is 5.82 Å². The average Bonchev–Trinajstić information content (AvgIpc) is 2.45. The van der Waals surface area contributed by atoms with Crippen molar-refractivity contribution in [3.05, 3.63) is 59.4 Å². The summed E-state index contributed by atoms with van der Waals surface area (Å²) in [5.41, 5.74) is 0.773. The van der Waals surface area contributed by atoms with Gasteiger partial charge in [-0.3, -0.25) is 0 Å². The van der Waals surface area contributed by atoms with E-state index in [2.05, 4.69) is 5.32 Å². The van der Waals surface area contributed by atoms with Crippen LogP contribution < -0.4 is 5.32 Å². The minimum atomic E-state index is -4.69. The van der Waals surface area contributed by atoms with E-state index in [9.17, 15) is 17.6 Å². The number of benzene rings is 2. The molecule has 0 saturated heterocycles. The van der Waals surface area contributed by atoms with Crippen LogP contribution in [0.2, 0.25) is 0 Å². The Morgan fingerprint density at radius 2 is 1.57 bits per heavy atom. The molecule has 21 heavy (non-hydrogen) atoms. The highest BCUT2D eigenvalue weighted by molar-refractivity contribution is 5.64. The zero-order valence-corrected chi connectivity index (χ0v) is 11.5. The van der Waals surface area contributed by atoms with Gasteiger partial charge in [0, 0.05) is 6.54 Å². The maximum absolute atomic E-state index is 13.3. The first kappa shape index (κ1) is 15.5. The fourth-order valence-corrected chi connectivity index (χ4v) is 2.01. The maximum atomic E-state index is 13.3. The highest BCUT2D eigenvalue weighted by Gasteiger charge is 2.34. The minimum Gasteiger partial charge on any atom is -0.313 e. The van der Waals surface area contributed by atoms with Crippen LogP contribution in [-0.4, -0.2) is 6.54 Å². The lowest BCUT2D eigenvalue weighted by atomic mass is 10.0. The molecule has 2 aromatic rings. The molecule has 0 saturated carbocycles. The maximum Gasteiger partial charge on any atom is 0.419 e. The lowest BCUT2D eigenvalue weighted by Crippen LogP contribution is -2.11. The van der Waals surface area contributed by atoms with Crippen LogP contribution in [0.15, 0.2) is 42.5 Å². The summed E-state index contributed by atoms with van der Waals surface area (Å²) in [6, 6.07) is 10.2. The van der Waals surface area contributed by atoms with Crippen molar-refractivity contribution < 1.29 is 17.6 Å². The molecule has 0 atom stereocenters. The normalized spacial score (nSPS) is 11.7. The smallest absolute Gasteiger partial charge is 0.313 e. The number of halogens is 4. The minimum absolute atomic E-state index is 0.346. The van der Waals surface area contributed by atoms with Gasteiger partial charge in [0.2, 0.25) is 0 Å². The van der Waals surface area contributed by atoms with Gasteiger partial charge in [0.15, 0.2) is 0 Å². The Labute approximate surface area is 120 Å². The number of alkyl halides is 3. The van der Waals surface area contributed by atoms with E-state index < -0.39 is 17.6 Å². The molecular weight excluding hydrogens is 282 g/mol. The van der Waals surface area contributed by atoms with Gasteiger partial charge in [0.25, 0.3) is 0 Å². The van der Waals surface area contributed by atoms with Crippen molar-refractivity contribution in [3.63, 3.8) is 0 Å². The van der Waals surface area contributed by atoms with Crippen LogP contribution in [0, 0.1) is 5.82 Å². The molecule has 2 aromatic carbocycles. The van der Waals surface area contributed by atoms with Gasteiger partial charge < -0.3 is 5.32 Å². The Morgan fingerprint density at radius 1 is 0.952 bits per heavy atom. The van der Waals surface area contributed by atoms with Crippen molar-refractivity contribution in [2.75, 3.05) is 6.54 Å². The van der Waals surface area contributed by atoms with Gasteiger partial charge in [0.05, 0.1) is 5.56 Å². The lowest BCUT2D eigenvalue weighted by molar-refractivity contribution is -0.139. The first-order valence-electron chi connectivity index (χ1n) is 6.58. The summed E-state index contributed by atoms with van der Waals surface area (Å²) in [5, 5.41) is 3.16. The average molecular weight is 297 g/mol. The molecule has 0 fully saturated rings. The fourth-order valence-electron chi connectivity index (χ4n) is 2.01. The highest BCUT2D eigenvalue weighted by Crippen LogP contribution is 2.34. The van der Waals surface area contributed by atoms with E-state index in [1.807, 2.05) is 19.1 Å². The molecule has 2 rings (SSSR count). The van der Waals surface area contributed by atoms with E-state index in [-0.39, 0.29) is 0 Å². The van der Waals surface area contributed by atoms with Crippen LogP contribution in [0.25, 0.3) is 11.1 Å². The van der Waals surface area contributed by atoms with E-state index in [1.54, 1.807) is 12.1 Å². The van der Waals surface area contributed by atoms with Crippen molar-refractivity contribution >= 4 is 0 Å². The summed E-state index contributed by atoms with van der Waals surface area (Å²) in [6.07, 6.45) is -4.69. The van der Waals surface area contributed by atoms with Crippen LogP contribution in [0.3, 0.4) is 0 Å². The van der Waals surface area contributed by atoms with Crippen molar-refractivity contribution in [1.82, 2.24) is 5.32 Å². The quantitative estimate of drug-likeness (QED) is 0.812. The van der Waals surface area contributed by atoms with Gasteiger partial charge >= 0.3 is 6.18 Å². The fraction of sp³-hybridized carbons (Fsp3) is 0.250. The Balaban J connectivity index is 2.30. The number of rotatable bonds is 4. The van der Waals surface area contributed by atoms with Crippen molar-refractivity contribution in [2.24, 2.45) is 0 Å². The summed E-state index contributed by atoms with van der Waals surface area (Å²) in [6.45, 7) is 3.54. The van der Waals surface area contributed by atoms with E-state index >= 15 is 0 Å². The zero-order valence-electron chi connectivity index (χ0n) is 11.5. The molecule has 5 heteroatoms. The third-order valence-electron chi connectivity index (χ3n) is 3.14. The highest BCUT2D eigenvalue weighted by atomic mass is 19.4. The van der Waals surface area contributed by atoms with Gasteiger partial charge in [-0.25, -0.2) is 4.39 Å². The summed E-state index contributed by atoms with van der Waals surface area (Å²) >= 11 is 0. The van der Waals surface area contributed by atoms with Gasteiger partial charge in [-0.15, -0.1) is 0 Å². The van der Waals surface area contributed by atoms with Gasteiger partial charge in [-0.2, -0.15) is 13.2 Å². The molecule has 0 spiro atoms. The Bertz CT molecular complexity index is 603. The van der Waals surface area contributed by atoms with E-state index in [1.165, 1.54) is 6.07 Å². The first-order valence-corrected chi connectivity index (χ1v) is 6.58. The SMILES string of the molecule is CCNCc1ccc(-c2ccc(F)c(C(F)(F)F)c2)cc1. The zero-order chi connectivity index (χ0) is 15.5. The Hall–Kier alpha value is -1.88. The molecule has 0 unspecified atom stereocenters. The molecule has 0 bridgehead atoms. The Morgan fingerprint density at radius 3 is 2.14 bits per heavy atom. The number of nitrogens with one attached hydrogen (secondary N) is 1. The second kappa shape index (κ2) is 6.26. The van der Waals surface area contributed by atoms with Crippen LogP contribution >= 0.6 is 0 Å². The van der Waals surface area contributed by atoms with Crippen molar-refractivity contribution in [2.45, 2.75) is 19.6 Å². The molecule has 0 amide bonds. The molecule has 0 aliphatic heterocycles. The van der Waals surface area contributed by atoms with Crippen LogP contribution in [0.1, 0.15) is 18.1 Å². The van der Waals surface area contributed by atoms with Crippen LogP contribution in [0.4, 0.5) is 17.6 Å². The molecule has 1 N–H and O–H groups in total. The molecule has 1 nitrogen and oxygen atoms in total. The summed E-state index contributed by atoms with van der Waals surface area (Å²) in [5.74, 6) is -1.25. The summed E-state index contributed by atoms with van der Waals surface area (Å²) < 4.78 is 51.4. The van der Waals surface area contributed by atoms with E-state index in [4.69, 9.17) is 0 Å². The standard InChI is InChI=1S/C16H15F4N/c1-2-21-10-11-3-5-12(6-4-11)13-7-8-15(17)14(9-13)16(18,19)20/h3-9,21H,2,10H2,1H3. The monoisotopic (exact) mass is 297 g/mol. The topological polar surface area (TPSA) is 12.0 Å². The molecule has 0 aromatic heterocycles. The molecule has 0 heterocycles. The molecule has 0 aliphatic carbocycles. The van der Waals surface area contributed by atoms with Gasteiger partial charge in [-0.05, 0) is 35.4 Å². The molecule has 0 radical (unpaired) electrons. The second-order valence-corrected chi connectivity index (χ2v) is 4.67. The van der Waals surface area contributed by atoms with Crippen LogP contribution in [-0.2, 0) is 12.7 Å². The number of hydrogen-bond acceptors (Lipinski definition) is 1. The van der Waals surface area contributed by atoms with E-state index in [0.29, 0.717) is 17.7 Å². The second-order valence-electron chi connectivity index (χ2n) is 4.67. The van der Waals surface area contributed by atoms with E-state index in [0.717, 1.165) is 24.2 Å². The third-order valence-corrected chi connectivity index (χ3v) is 3.14. The molecule has 0 aliphatic rings.